The van der Waals surface area contributed by atoms with Gasteiger partial charge in [0.05, 0.1) is 48.5 Å². The molecule has 3 fully saturated rings. The second kappa shape index (κ2) is 25.5. The number of ether oxygens (including phenoxy) is 1. The molecule has 3 aliphatic rings. The van der Waals surface area contributed by atoms with Gasteiger partial charge in [-0.15, -0.1) is 0 Å². The van der Waals surface area contributed by atoms with Gasteiger partial charge in [0.2, 0.25) is 0 Å². The van der Waals surface area contributed by atoms with Crippen LogP contribution in [0.25, 0.3) is 38.8 Å². The molecule has 0 atom stereocenters. The van der Waals surface area contributed by atoms with Gasteiger partial charge in [-0.05, 0) is 132 Å². The molecule has 2 saturated heterocycles. The molecule has 5 aromatic carbocycles. The molecule has 1 aliphatic carbocycles. The van der Waals surface area contributed by atoms with Crippen molar-refractivity contribution in [2.24, 2.45) is 14.1 Å². The Labute approximate surface area is 510 Å². The third-order valence-electron chi connectivity index (χ3n) is 16.9. The topological polar surface area (TPSA) is 189 Å². The van der Waals surface area contributed by atoms with Gasteiger partial charge >= 0.3 is 0 Å². The number of nitrogens with zero attached hydrogens (tertiary/aromatic N) is 8. The number of anilines is 5. The number of rotatable bonds is 14. The van der Waals surface area contributed by atoms with E-state index in [4.69, 9.17) is 4.74 Å². The summed E-state index contributed by atoms with van der Waals surface area (Å²) in [7, 11) is 5.47. The number of hydrogen-bond donors (Lipinski definition) is 3. The fourth-order valence-electron chi connectivity index (χ4n) is 11.4. The maximum atomic E-state index is 15.2. The van der Waals surface area contributed by atoms with Crippen LogP contribution in [0, 0.1) is 12.7 Å². The summed E-state index contributed by atoms with van der Waals surface area (Å²) in [4.78, 5) is 81.4. The Bertz CT molecular complexity index is 4270. The van der Waals surface area contributed by atoms with Crippen molar-refractivity contribution in [3.63, 3.8) is 0 Å². The fraction of sp³-hybridized carbons (Fsp3) is 0.300. The third kappa shape index (κ3) is 13.1. The highest BCUT2D eigenvalue weighted by atomic mass is 19.1. The first-order valence-corrected chi connectivity index (χ1v) is 29.8. The number of fused-ring (bicyclic) bond motifs is 1. The fourth-order valence-corrected chi connectivity index (χ4v) is 11.4. The van der Waals surface area contributed by atoms with Crippen LogP contribution in [0.3, 0.4) is 0 Å². The smallest absolute Gasteiger partial charge is 0.293 e. The van der Waals surface area contributed by atoms with Gasteiger partial charge in [-0.3, -0.25) is 28.5 Å². The quantitative estimate of drug-likeness (QED) is 0.0873. The lowest BCUT2D eigenvalue weighted by Crippen LogP contribution is -2.44. The number of pyridine rings is 3. The van der Waals surface area contributed by atoms with Crippen LogP contribution in [-0.4, -0.2) is 110 Å². The number of aromatic nitrogens is 5. The molecule has 4 aromatic heterocycles. The zero-order valence-corrected chi connectivity index (χ0v) is 50.8. The SMILES string of the molecule is CN1CCN(c2ccc(Nc3cc(-c4cccc(-n5ccc6cc(C7CC7)cc(F)c6c5=O)c4CO)cn(C)c3=O)nc2)CC1.Cc1c(CC(=O)c2ccc(C(C)(C)C)cc2)cccc1-c1cn(C)c(=O)c(Nc2ccc(C(=O)N3CCOCC3)cc2)n1. The van der Waals surface area contributed by atoms with Crippen molar-refractivity contribution >= 4 is 51.2 Å². The van der Waals surface area contributed by atoms with Crippen molar-refractivity contribution in [1.29, 1.82) is 0 Å². The molecule has 6 heterocycles. The number of nitrogens with one attached hydrogen (secondary N) is 2. The molecule has 2 aliphatic heterocycles. The number of likely N-dealkylation sites (N-methyl/N-ethyl adjacent to an activating group) is 1. The Hall–Kier alpha value is -9.36. The Morgan fingerprint density at radius 2 is 1.43 bits per heavy atom. The molecular weight excluding hydrogens is 1110 g/mol. The lowest BCUT2D eigenvalue weighted by atomic mass is 9.86. The van der Waals surface area contributed by atoms with Crippen LogP contribution in [0.1, 0.15) is 88.1 Å². The lowest BCUT2D eigenvalue weighted by molar-refractivity contribution is 0.0303. The monoisotopic (exact) mass is 1180 g/mol. The largest absolute Gasteiger partial charge is 0.392 e. The third-order valence-corrected chi connectivity index (χ3v) is 16.9. The van der Waals surface area contributed by atoms with E-state index in [1.165, 1.54) is 25.3 Å². The van der Waals surface area contributed by atoms with Crippen LogP contribution in [0.15, 0.2) is 160 Å². The van der Waals surface area contributed by atoms with Gasteiger partial charge in [0, 0.05) is 112 Å². The number of hydrogen-bond acceptors (Lipinski definition) is 13. The molecule has 1 amide bonds. The molecule has 0 spiro atoms. The number of benzene rings is 5. The van der Waals surface area contributed by atoms with Gasteiger partial charge in [0.25, 0.3) is 22.6 Å². The van der Waals surface area contributed by atoms with Crippen LogP contribution < -0.4 is 32.2 Å². The van der Waals surface area contributed by atoms with Gasteiger partial charge < -0.3 is 44.3 Å². The number of amides is 1. The molecule has 1 saturated carbocycles. The van der Waals surface area contributed by atoms with Gasteiger partial charge in [-0.1, -0.05) is 81.4 Å². The van der Waals surface area contributed by atoms with E-state index in [2.05, 4.69) is 58.2 Å². The molecule has 18 heteroatoms. The maximum absolute atomic E-state index is 15.2. The van der Waals surface area contributed by atoms with E-state index in [0.717, 1.165) is 67.0 Å². The molecule has 17 nitrogen and oxygen atoms in total. The minimum absolute atomic E-state index is 0.0223. The average Bonchev–Trinajstić information content (AvgIpc) is 1.46. The predicted octanol–water partition coefficient (Wildman–Crippen LogP) is 10.5. The van der Waals surface area contributed by atoms with Gasteiger partial charge in [-0.25, -0.2) is 14.4 Å². The standard InChI is InChI=1S/C35H35FN6O3.C35H38N4O4/c1-39-12-14-41(15-13-39)26-8-9-32(37-19-26)38-30-18-25(20-40(2)34(30)44)27-4-3-5-31(28(27)21-43)42-11-10-23-16-24(22-6-7-22)17-29(36)33(23)35(42)45;1-23-26(21-31(40)24-9-13-27(14-10-24)35(2,3)4)7-6-8-29(23)30-22-38(5)34(42)32(37-30)36-28-15-11-25(12-16-28)33(41)39-17-19-43-20-18-39/h3-5,8-11,16-20,22,43H,6-7,12-15,21H2,1-2H3,(H,37,38);6-16,22H,17-21H2,1-5H3,(H,36,37). The molecule has 12 rings (SSSR count). The Balaban J connectivity index is 0.000000182. The molecule has 452 valence electrons. The van der Waals surface area contributed by atoms with Crippen molar-refractivity contribution in [1.82, 2.24) is 33.5 Å². The number of carbonyl (C=O) groups excluding carboxylic acids is 2. The van der Waals surface area contributed by atoms with E-state index in [0.29, 0.717) is 94.0 Å². The van der Waals surface area contributed by atoms with Crippen molar-refractivity contribution in [2.45, 2.75) is 64.9 Å². The summed E-state index contributed by atoms with van der Waals surface area (Å²) in [5, 5.41) is 17.5. The molecule has 3 N–H and O–H groups in total. The highest BCUT2D eigenvalue weighted by Crippen LogP contribution is 2.41. The van der Waals surface area contributed by atoms with Crippen LogP contribution >= 0.6 is 0 Å². The Kier molecular flexibility index (Phi) is 17.5. The number of carbonyl (C=O) groups is 2. The number of piperazine rings is 1. The summed E-state index contributed by atoms with van der Waals surface area (Å²) < 4.78 is 24.9. The van der Waals surface area contributed by atoms with E-state index >= 15 is 4.39 Å². The number of Topliss-reactive ketones (excluding diaryl/α,β-unsaturated/α-hetero) is 1. The predicted molar refractivity (Wildman–Crippen MR) is 345 cm³/mol. The minimum Gasteiger partial charge on any atom is -0.392 e. The maximum Gasteiger partial charge on any atom is 0.293 e. The van der Waals surface area contributed by atoms with Crippen LogP contribution in [0.4, 0.5) is 33.1 Å². The molecule has 0 radical (unpaired) electrons. The Morgan fingerprint density at radius 1 is 0.739 bits per heavy atom. The molecule has 0 bridgehead atoms. The van der Waals surface area contributed by atoms with Crippen molar-refractivity contribution < 1.29 is 23.8 Å². The highest BCUT2D eigenvalue weighted by Gasteiger charge is 2.26. The number of halogens is 1. The van der Waals surface area contributed by atoms with E-state index in [1.807, 2.05) is 79.9 Å². The van der Waals surface area contributed by atoms with Crippen molar-refractivity contribution in [3.8, 4) is 28.1 Å². The molecule has 88 heavy (non-hydrogen) atoms. The summed E-state index contributed by atoms with van der Waals surface area (Å²) >= 11 is 0. The average molecular weight is 1190 g/mol. The van der Waals surface area contributed by atoms with Crippen molar-refractivity contribution in [3.05, 3.63) is 222 Å². The summed E-state index contributed by atoms with van der Waals surface area (Å²) in [6, 6.07) is 36.7. The second-order valence-electron chi connectivity index (χ2n) is 24.1. The van der Waals surface area contributed by atoms with Gasteiger partial charge in [0.15, 0.2) is 11.6 Å². The first kappa shape index (κ1) is 60.3. The summed E-state index contributed by atoms with van der Waals surface area (Å²) in [6.45, 7) is 14.1. The van der Waals surface area contributed by atoms with Gasteiger partial charge in [0.1, 0.15) is 17.3 Å². The molecule has 9 aromatic rings. The van der Waals surface area contributed by atoms with E-state index in [1.54, 1.807) is 86.1 Å². The van der Waals surface area contributed by atoms with Crippen molar-refractivity contribution in [2.75, 3.05) is 75.1 Å². The van der Waals surface area contributed by atoms with Crippen LogP contribution in [0.2, 0.25) is 0 Å². The minimum atomic E-state index is -0.533. The number of aryl methyl sites for hydroxylation is 2. The zero-order chi connectivity index (χ0) is 62.0. The second-order valence-corrected chi connectivity index (χ2v) is 24.1. The van der Waals surface area contributed by atoms with Gasteiger partial charge in [-0.2, -0.15) is 0 Å². The molecule has 0 unspecified atom stereocenters. The van der Waals surface area contributed by atoms with E-state index in [9.17, 15) is 29.1 Å². The van der Waals surface area contributed by atoms with Crippen LogP contribution in [-0.2, 0) is 37.3 Å². The van der Waals surface area contributed by atoms with Crippen LogP contribution in [0.5, 0.6) is 0 Å². The number of morpholine rings is 1. The molecular formula is C70H73FN10O7. The first-order valence-electron chi connectivity index (χ1n) is 29.8. The Morgan fingerprint density at radius 3 is 2.11 bits per heavy atom. The number of ketones is 1. The normalized spacial score (nSPS) is 14.6. The summed E-state index contributed by atoms with van der Waals surface area (Å²) in [6.07, 6.45) is 9.18. The van der Waals surface area contributed by atoms with E-state index < -0.39 is 11.4 Å². The zero-order valence-electron chi connectivity index (χ0n) is 50.8. The summed E-state index contributed by atoms with van der Waals surface area (Å²) in [5.74, 6) is 0.547. The summed E-state index contributed by atoms with van der Waals surface area (Å²) in [5.41, 5.74) is 9.92. The number of aliphatic hydroxyl groups excluding tert-OH is 1. The first-order chi connectivity index (χ1) is 42.3. The highest BCUT2D eigenvalue weighted by molar-refractivity contribution is 5.98. The van der Waals surface area contributed by atoms with E-state index in [-0.39, 0.29) is 52.5 Å². The lowest BCUT2D eigenvalue weighted by Gasteiger charge is -2.33. The number of aliphatic hydroxyl groups is 1.